The summed E-state index contributed by atoms with van der Waals surface area (Å²) in [6.07, 6.45) is 6.44. The van der Waals surface area contributed by atoms with Gasteiger partial charge in [0.05, 0.1) is 23.2 Å². The second-order valence-electron chi connectivity index (χ2n) is 19.8. The zero-order valence-corrected chi connectivity index (χ0v) is 40.5. The smallest absolute Gasteiger partial charge is 0.329 e. The lowest BCUT2D eigenvalue weighted by Gasteiger charge is -2.37. The molecule has 14 nitrogen and oxygen atoms in total. The molecule has 1 aliphatic carbocycles. The molecule has 0 bridgehead atoms. The van der Waals surface area contributed by atoms with Gasteiger partial charge < -0.3 is 30.3 Å². The summed E-state index contributed by atoms with van der Waals surface area (Å²) >= 11 is 6.71. The topological polar surface area (TPSA) is 164 Å². The van der Waals surface area contributed by atoms with E-state index in [1.165, 1.54) is 30.9 Å². The summed E-state index contributed by atoms with van der Waals surface area (Å²) in [6.45, 7) is 7.10. The number of hydrogen-bond acceptors (Lipinski definition) is 9. The van der Waals surface area contributed by atoms with Gasteiger partial charge in [0, 0.05) is 92.2 Å². The normalized spacial score (nSPS) is 24.2. The van der Waals surface area contributed by atoms with E-state index in [-0.39, 0.29) is 63.4 Å². The fourth-order valence-electron chi connectivity index (χ4n) is 11.9. The first-order valence-electron chi connectivity index (χ1n) is 24.5. The van der Waals surface area contributed by atoms with E-state index in [0.717, 1.165) is 94.1 Å². The summed E-state index contributed by atoms with van der Waals surface area (Å²) in [5.41, 5.74) is 7.79. The van der Waals surface area contributed by atoms with Crippen LogP contribution in [0.2, 0.25) is 5.02 Å². The van der Waals surface area contributed by atoms with Crippen LogP contribution in [-0.4, -0.2) is 102 Å². The first-order valence-corrected chi connectivity index (χ1v) is 24.9. The van der Waals surface area contributed by atoms with Crippen molar-refractivity contribution in [3.63, 3.8) is 0 Å². The number of amides is 5. The first-order chi connectivity index (χ1) is 33.7. The monoisotopic (exact) mass is 976 g/mol. The minimum absolute atomic E-state index is 0.000423. The second-order valence-corrected chi connectivity index (χ2v) is 20.2. The van der Waals surface area contributed by atoms with E-state index in [0.29, 0.717) is 36.3 Å². The summed E-state index contributed by atoms with van der Waals surface area (Å²) < 4.78 is 45.9. The Morgan fingerprint density at radius 3 is 2.43 bits per heavy atom. The number of primary amides is 1. The Hall–Kier alpha value is -6.10. The van der Waals surface area contributed by atoms with Crippen molar-refractivity contribution in [1.82, 2.24) is 30.2 Å². The molecule has 5 aliphatic rings. The van der Waals surface area contributed by atoms with Gasteiger partial charge in [-0.05, 0) is 105 Å². The van der Waals surface area contributed by atoms with Crippen LogP contribution in [0.15, 0.2) is 66.7 Å². The van der Waals surface area contributed by atoms with Crippen molar-refractivity contribution in [3.8, 4) is 22.6 Å². The predicted octanol–water partition coefficient (Wildman–Crippen LogP) is 7.99. The van der Waals surface area contributed by atoms with Gasteiger partial charge in [0.1, 0.15) is 11.6 Å². The fourth-order valence-corrected chi connectivity index (χ4v) is 12.2. The highest BCUT2D eigenvalue weighted by Crippen LogP contribution is 2.56. The molecule has 70 heavy (non-hydrogen) atoms. The number of carbonyl (C=O) groups excluding carboxylic acids is 4. The number of halogens is 3. The molecule has 1 unspecified atom stereocenters. The molecule has 4 aromatic carbocycles. The largest absolute Gasteiger partial charge is 0.494 e. The molecule has 3 atom stereocenters. The molecule has 4 aliphatic heterocycles. The number of benzene rings is 4. The van der Waals surface area contributed by atoms with Crippen LogP contribution in [0.5, 0.6) is 11.5 Å². The number of nitrogens with zero attached hydrogens (tertiary/aromatic N) is 5. The summed E-state index contributed by atoms with van der Waals surface area (Å²) in [5, 5.41) is 11.3. The van der Waals surface area contributed by atoms with Gasteiger partial charge in [-0.25, -0.2) is 13.6 Å². The Labute approximate surface area is 410 Å². The minimum Gasteiger partial charge on any atom is -0.494 e. The molecular weight excluding hydrogens is 918 g/mol. The van der Waals surface area contributed by atoms with Gasteiger partial charge in [-0.3, -0.25) is 29.3 Å². The number of nitrogens with one attached hydrogen (secondary N) is 2. The highest BCUT2D eigenvalue weighted by atomic mass is 35.5. The third-order valence-electron chi connectivity index (χ3n) is 15.8. The number of ether oxygens (including phenoxy) is 2. The molecule has 1 saturated carbocycles. The van der Waals surface area contributed by atoms with E-state index in [9.17, 15) is 19.2 Å². The molecule has 0 spiro atoms. The number of imide groups is 1. The number of nitrogens with two attached hydrogens (primary N) is 1. The van der Waals surface area contributed by atoms with Gasteiger partial charge in [-0.2, -0.15) is 5.10 Å². The molecule has 368 valence electrons. The number of rotatable bonds is 12. The SMILES string of the molecule is COc1ccc(C(N)=O)c(-c2c(Cl)c(F)cc3c2[C@H](C)[C@@](CNC2CCC(C(=O)N4CCC(CN5CCC(c6ccc7c(N8CCC(=O)NC8=O)nn(C)c7c6)CC5)C4)CC2)(c2ccccc2)O3)c1F. The molecule has 0 radical (unpaired) electrons. The van der Waals surface area contributed by atoms with Crippen molar-refractivity contribution in [2.75, 3.05) is 57.8 Å². The first kappa shape index (κ1) is 47.6. The van der Waals surface area contributed by atoms with Gasteiger partial charge in [0.25, 0.3) is 0 Å². The van der Waals surface area contributed by atoms with Gasteiger partial charge in [0.15, 0.2) is 23.0 Å². The zero-order valence-electron chi connectivity index (χ0n) is 39.7. The van der Waals surface area contributed by atoms with E-state index in [1.807, 2.05) is 49.0 Å². The molecule has 17 heteroatoms. The number of aromatic nitrogens is 2. The maximum absolute atomic E-state index is 16.2. The standard InChI is InChI=1S/C53H59ClF2N8O6/c1-30-44-42(26-39(55)47(54)46(44)45-38(49(57)66)15-16-41(69-3)48(45)56)70-53(30,35-7-5-4-6-8-35)29-58-36-12-9-33(10-13-36)51(67)63-23-17-31(28-63)27-62-21-18-32(19-22-62)34-11-14-37-40(25-34)61(2)60-50(37)64-24-20-43(65)59-52(64)68/h4-8,11,14-16,25-26,30-33,36,58H,9-10,12-13,17-24,27-29H2,1-3H3,(H2,57,66)(H,59,65,68)/t30-,31?,33?,36?,53-/m0/s1. The Morgan fingerprint density at radius 2 is 1.71 bits per heavy atom. The molecule has 4 fully saturated rings. The fraction of sp³-hybridized carbons (Fsp3) is 0.453. The van der Waals surface area contributed by atoms with Crippen LogP contribution in [-0.2, 0) is 22.2 Å². The number of urea groups is 1. The number of likely N-dealkylation sites (tertiary alicyclic amines) is 2. The predicted molar refractivity (Wildman–Crippen MR) is 262 cm³/mol. The Morgan fingerprint density at radius 1 is 0.957 bits per heavy atom. The number of carbonyl (C=O) groups is 4. The Balaban J connectivity index is 0.743. The number of anilines is 1. The highest BCUT2D eigenvalue weighted by Gasteiger charge is 2.50. The average Bonchev–Trinajstić information content (AvgIpc) is 4.05. The minimum atomic E-state index is -1.07. The van der Waals surface area contributed by atoms with Crippen LogP contribution >= 0.6 is 11.6 Å². The van der Waals surface area contributed by atoms with Crippen molar-refractivity contribution in [3.05, 3.63) is 106 Å². The van der Waals surface area contributed by atoms with Crippen LogP contribution < -0.4 is 30.7 Å². The molecule has 10 rings (SSSR count). The van der Waals surface area contributed by atoms with Crippen molar-refractivity contribution < 1.29 is 37.4 Å². The number of hydrogen-bond donors (Lipinski definition) is 3. The molecular formula is C53H59ClF2N8O6. The van der Waals surface area contributed by atoms with Gasteiger partial charge >= 0.3 is 6.03 Å². The van der Waals surface area contributed by atoms with E-state index in [4.69, 9.17) is 26.8 Å². The zero-order chi connectivity index (χ0) is 49.0. The van der Waals surface area contributed by atoms with Crippen LogP contribution in [0, 0.1) is 23.5 Å². The average molecular weight is 978 g/mol. The third kappa shape index (κ3) is 8.65. The van der Waals surface area contributed by atoms with Crippen molar-refractivity contribution in [1.29, 1.82) is 0 Å². The Bertz CT molecular complexity index is 2870. The van der Waals surface area contributed by atoms with E-state index < -0.39 is 35.1 Å². The van der Waals surface area contributed by atoms with Gasteiger partial charge in [0.2, 0.25) is 17.7 Å². The van der Waals surface area contributed by atoms with Crippen LogP contribution in [0.1, 0.15) is 97.2 Å². The van der Waals surface area contributed by atoms with E-state index >= 15 is 8.78 Å². The van der Waals surface area contributed by atoms with Crippen LogP contribution in [0.4, 0.5) is 19.4 Å². The molecule has 5 aromatic rings. The molecule has 5 amide bonds. The molecule has 4 N–H and O–H groups in total. The van der Waals surface area contributed by atoms with E-state index in [2.05, 4.69) is 43.7 Å². The van der Waals surface area contributed by atoms with E-state index in [1.54, 1.807) is 4.90 Å². The number of piperidine rings is 1. The summed E-state index contributed by atoms with van der Waals surface area (Å²) in [7, 11) is 3.19. The van der Waals surface area contributed by atoms with Crippen molar-refractivity contribution >= 4 is 52.1 Å². The lowest BCUT2D eigenvalue weighted by atomic mass is 9.77. The Kier molecular flexibility index (Phi) is 13.1. The summed E-state index contributed by atoms with van der Waals surface area (Å²) in [5.74, 6) is -1.72. The lowest BCUT2D eigenvalue weighted by Crippen LogP contribution is -2.49. The highest BCUT2D eigenvalue weighted by molar-refractivity contribution is 6.34. The van der Waals surface area contributed by atoms with Crippen LogP contribution in [0.3, 0.4) is 0 Å². The quantitative estimate of drug-likeness (QED) is 0.112. The summed E-state index contributed by atoms with van der Waals surface area (Å²) in [4.78, 5) is 57.2. The van der Waals surface area contributed by atoms with Crippen molar-refractivity contribution in [2.45, 2.75) is 81.8 Å². The molecule has 1 aromatic heterocycles. The lowest BCUT2D eigenvalue weighted by molar-refractivity contribution is -0.135. The van der Waals surface area contributed by atoms with Crippen LogP contribution in [0.25, 0.3) is 22.0 Å². The van der Waals surface area contributed by atoms with Gasteiger partial charge in [-0.1, -0.05) is 54.9 Å². The number of fused-ring (bicyclic) bond motifs is 2. The number of methoxy groups -OCH3 is 1. The second kappa shape index (κ2) is 19.2. The molecule has 5 heterocycles. The number of aryl methyl sites for hydroxylation is 1. The maximum Gasteiger partial charge on any atom is 0.329 e. The summed E-state index contributed by atoms with van der Waals surface area (Å²) in [6, 6.07) is 19.6. The van der Waals surface area contributed by atoms with Crippen molar-refractivity contribution in [2.24, 2.45) is 24.6 Å². The molecule has 3 saturated heterocycles. The maximum atomic E-state index is 16.2. The van der Waals surface area contributed by atoms with Gasteiger partial charge in [-0.15, -0.1) is 0 Å². The third-order valence-corrected chi connectivity index (χ3v) is 16.2.